The summed E-state index contributed by atoms with van der Waals surface area (Å²) < 4.78 is 3.12. The molecule has 0 saturated heterocycles. The Bertz CT molecular complexity index is 736. The lowest BCUT2D eigenvalue weighted by atomic mass is 10.2. The van der Waals surface area contributed by atoms with Crippen LogP contribution in [0.3, 0.4) is 0 Å². The van der Waals surface area contributed by atoms with E-state index in [1.165, 1.54) is 6.07 Å². The fraction of sp³-hybridized carbons (Fsp3) is 0. The Kier molecular flexibility index (Phi) is 2.53. The molecule has 0 amide bonds. The zero-order valence-electron chi connectivity index (χ0n) is 9.32. The molecule has 0 aliphatic rings. The summed E-state index contributed by atoms with van der Waals surface area (Å²) in [4.78, 5) is 10.4. The zero-order valence-corrected chi connectivity index (χ0v) is 10.1. The third kappa shape index (κ3) is 1.74. The van der Waals surface area contributed by atoms with Crippen molar-refractivity contribution in [1.82, 2.24) is 0 Å². The summed E-state index contributed by atoms with van der Waals surface area (Å²) in [5, 5.41) is 10.8. The van der Waals surface area contributed by atoms with Crippen LogP contribution in [-0.4, -0.2) is 4.92 Å². The van der Waals surface area contributed by atoms with Crippen LogP contribution in [0.25, 0.3) is 15.9 Å². The van der Waals surface area contributed by atoms with Crippen LogP contribution in [0.5, 0.6) is 0 Å². The third-order valence-corrected chi connectivity index (χ3v) is 3.64. The minimum atomic E-state index is -0.376. The summed E-state index contributed by atoms with van der Waals surface area (Å²) in [6, 6.07) is 14.6. The van der Waals surface area contributed by atoms with Crippen molar-refractivity contribution < 1.29 is 9.49 Å². The van der Waals surface area contributed by atoms with Gasteiger partial charge in [0, 0.05) is 18.2 Å². The van der Waals surface area contributed by atoms with Gasteiger partial charge in [-0.2, -0.15) is 0 Å². The molecule has 4 nitrogen and oxygen atoms in total. The van der Waals surface area contributed by atoms with E-state index < -0.39 is 0 Å². The number of nitro groups is 1. The van der Waals surface area contributed by atoms with Crippen LogP contribution in [-0.2, 0) is 0 Å². The predicted octanol–water partition coefficient (Wildman–Crippen LogP) is 3.09. The Labute approximate surface area is 107 Å². The molecule has 2 aromatic carbocycles. The molecule has 0 aliphatic carbocycles. The minimum absolute atomic E-state index is 0.107. The summed E-state index contributed by atoms with van der Waals surface area (Å²) >= 11 is 1.62. The lowest BCUT2D eigenvalue weighted by molar-refractivity contribution is -0.562. The highest BCUT2D eigenvalue weighted by Gasteiger charge is 2.16. The topological polar surface area (TPSA) is 47.0 Å². The summed E-state index contributed by atoms with van der Waals surface area (Å²) in [5.41, 5.74) is 3.93. The van der Waals surface area contributed by atoms with Crippen molar-refractivity contribution in [2.24, 2.45) is 0 Å². The third-order valence-electron chi connectivity index (χ3n) is 2.73. The normalized spacial score (nSPS) is 10.7. The standard InChI is InChI=1S/C13H9N2O2S/c16-15(17)11-5-3-4-10(8-11)14-9-18-13-7-2-1-6-12(13)14/h1-9H/q+1. The highest BCUT2D eigenvalue weighted by molar-refractivity contribution is 7.16. The van der Waals surface area contributed by atoms with Crippen molar-refractivity contribution in [1.29, 1.82) is 0 Å². The number of para-hydroxylation sites is 1. The average molecular weight is 257 g/mol. The molecule has 0 atom stereocenters. The van der Waals surface area contributed by atoms with E-state index in [0.717, 1.165) is 15.9 Å². The summed E-state index contributed by atoms with van der Waals surface area (Å²) in [7, 11) is 0. The molecule has 0 bridgehead atoms. The van der Waals surface area contributed by atoms with Gasteiger partial charge in [-0.1, -0.05) is 23.5 Å². The molecule has 0 unspecified atom stereocenters. The fourth-order valence-corrected chi connectivity index (χ4v) is 2.78. The molecule has 0 N–H and O–H groups in total. The molecule has 88 valence electrons. The molecular formula is C13H9N2O2S+. The SMILES string of the molecule is O=[N+]([O-])c1cccc(-[n+]2csc3ccccc32)c1. The van der Waals surface area contributed by atoms with Gasteiger partial charge in [0.15, 0.2) is 0 Å². The van der Waals surface area contributed by atoms with Crippen molar-refractivity contribution in [2.45, 2.75) is 0 Å². The smallest absolute Gasteiger partial charge is 0.258 e. The Morgan fingerprint density at radius 1 is 1.11 bits per heavy atom. The molecule has 0 saturated carbocycles. The molecule has 1 aromatic heterocycles. The number of nitro benzene ring substituents is 1. The first-order valence-corrected chi connectivity index (χ1v) is 6.26. The Morgan fingerprint density at radius 2 is 1.94 bits per heavy atom. The lowest BCUT2D eigenvalue weighted by Crippen LogP contribution is -2.27. The molecule has 0 fully saturated rings. The van der Waals surface area contributed by atoms with Crippen LogP contribution in [0.15, 0.2) is 54.0 Å². The molecule has 0 spiro atoms. The highest BCUT2D eigenvalue weighted by Crippen LogP contribution is 2.19. The first-order chi connectivity index (χ1) is 8.75. The van der Waals surface area contributed by atoms with Gasteiger partial charge in [0.25, 0.3) is 5.69 Å². The fourth-order valence-electron chi connectivity index (χ4n) is 1.88. The molecule has 18 heavy (non-hydrogen) atoms. The quantitative estimate of drug-likeness (QED) is 0.402. The van der Waals surface area contributed by atoms with Crippen molar-refractivity contribution in [3.63, 3.8) is 0 Å². The number of non-ortho nitro benzene ring substituents is 1. The maximum absolute atomic E-state index is 10.8. The highest BCUT2D eigenvalue weighted by atomic mass is 32.1. The molecule has 3 aromatic rings. The van der Waals surface area contributed by atoms with Gasteiger partial charge in [-0.25, -0.2) is 0 Å². The Morgan fingerprint density at radius 3 is 2.78 bits per heavy atom. The van der Waals surface area contributed by atoms with Crippen LogP contribution in [0.1, 0.15) is 0 Å². The molecule has 5 heteroatoms. The van der Waals surface area contributed by atoms with Gasteiger partial charge in [-0.05, 0) is 12.1 Å². The predicted molar refractivity (Wildman–Crippen MR) is 70.0 cm³/mol. The van der Waals surface area contributed by atoms with E-state index >= 15 is 0 Å². The van der Waals surface area contributed by atoms with Gasteiger partial charge in [-0.3, -0.25) is 10.1 Å². The molecule has 0 aliphatic heterocycles. The van der Waals surface area contributed by atoms with Crippen molar-refractivity contribution >= 4 is 27.2 Å². The van der Waals surface area contributed by atoms with Gasteiger partial charge >= 0.3 is 0 Å². The number of nitrogens with zero attached hydrogens (tertiary/aromatic N) is 2. The Balaban J connectivity index is 2.20. The second kappa shape index (κ2) is 4.19. The molecular weight excluding hydrogens is 248 g/mol. The largest absolute Gasteiger partial charge is 0.276 e. The van der Waals surface area contributed by atoms with E-state index in [4.69, 9.17) is 0 Å². The zero-order chi connectivity index (χ0) is 12.5. The van der Waals surface area contributed by atoms with Gasteiger partial charge in [0.05, 0.1) is 11.0 Å². The Hall–Kier alpha value is -2.27. The van der Waals surface area contributed by atoms with Gasteiger partial charge in [-0.15, -0.1) is 4.57 Å². The van der Waals surface area contributed by atoms with E-state index in [1.807, 2.05) is 40.4 Å². The van der Waals surface area contributed by atoms with Crippen LogP contribution in [0.4, 0.5) is 5.69 Å². The second-order valence-corrected chi connectivity index (χ2v) is 4.72. The summed E-state index contributed by atoms with van der Waals surface area (Å²) in [6.45, 7) is 0. The maximum Gasteiger partial charge on any atom is 0.276 e. The number of hydrogen-bond donors (Lipinski definition) is 0. The summed E-state index contributed by atoms with van der Waals surface area (Å²) in [5.74, 6) is 0. The number of thiazole rings is 1. The van der Waals surface area contributed by atoms with E-state index in [1.54, 1.807) is 23.5 Å². The van der Waals surface area contributed by atoms with E-state index in [-0.39, 0.29) is 10.6 Å². The number of hydrogen-bond acceptors (Lipinski definition) is 3. The van der Waals surface area contributed by atoms with E-state index in [0.29, 0.717) is 0 Å². The van der Waals surface area contributed by atoms with Crippen molar-refractivity contribution in [2.75, 3.05) is 0 Å². The second-order valence-electron chi connectivity index (χ2n) is 3.84. The first-order valence-electron chi connectivity index (χ1n) is 5.38. The molecule has 3 rings (SSSR count). The van der Waals surface area contributed by atoms with E-state index in [9.17, 15) is 10.1 Å². The van der Waals surface area contributed by atoms with Crippen LogP contribution < -0.4 is 4.57 Å². The minimum Gasteiger partial charge on any atom is -0.258 e. The van der Waals surface area contributed by atoms with Crippen LogP contribution in [0, 0.1) is 10.1 Å². The lowest BCUT2D eigenvalue weighted by Gasteiger charge is -1.94. The molecule has 1 heterocycles. The molecule has 0 radical (unpaired) electrons. The number of fused-ring (bicyclic) bond motifs is 1. The van der Waals surface area contributed by atoms with E-state index in [2.05, 4.69) is 0 Å². The first kappa shape index (κ1) is 10.9. The van der Waals surface area contributed by atoms with Crippen LogP contribution in [0.2, 0.25) is 0 Å². The maximum atomic E-state index is 10.8. The number of rotatable bonds is 2. The van der Waals surface area contributed by atoms with Gasteiger partial charge in [0.2, 0.25) is 16.7 Å². The monoisotopic (exact) mass is 257 g/mol. The van der Waals surface area contributed by atoms with Crippen molar-refractivity contribution in [3.8, 4) is 5.69 Å². The van der Waals surface area contributed by atoms with Gasteiger partial charge < -0.3 is 0 Å². The van der Waals surface area contributed by atoms with Gasteiger partial charge in [0.1, 0.15) is 4.70 Å². The average Bonchev–Trinajstić information content (AvgIpc) is 2.82. The number of benzene rings is 2. The van der Waals surface area contributed by atoms with Crippen LogP contribution >= 0.6 is 11.3 Å². The number of aromatic nitrogens is 1. The van der Waals surface area contributed by atoms with Crippen molar-refractivity contribution in [3.05, 3.63) is 64.2 Å². The summed E-state index contributed by atoms with van der Waals surface area (Å²) in [6.07, 6.45) is 0.